The second-order valence-electron chi connectivity index (χ2n) is 6.53. The van der Waals surface area contributed by atoms with E-state index in [1.165, 1.54) is 0 Å². The van der Waals surface area contributed by atoms with Gasteiger partial charge >= 0.3 is 6.09 Å². The first-order valence-electron chi connectivity index (χ1n) is 9.51. The van der Waals surface area contributed by atoms with Crippen molar-refractivity contribution in [3.8, 4) is 0 Å². The van der Waals surface area contributed by atoms with Gasteiger partial charge in [0.05, 0.1) is 6.61 Å². The molecule has 0 radical (unpaired) electrons. The van der Waals surface area contributed by atoms with Crippen molar-refractivity contribution in [3.63, 3.8) is 0 Å². The molecule has 0 saturated carbocycles. The van der Waals surface area contributed by atoms with E-state index in [1.807, 2.05) is 0 Å². The zero-order valence-corrected chi connectivity index (χ0v) is 19.6. The molecule has 1 aromatic rings. The fourth-order valence-corrected chi connectivity index (χ4v) is 3.00. The highest BCUT2D eigenvalue weighted by Crippen LogP contribution is 2.14. The number of likely N-dealkylation sites (tertiary alicyclic amines) is 1. The van der Waals surface area contributed by atoms with E-state index in [0.717, 1.165) is 12.8 Å². The molecule has 1 saturated heterocycles. The van der Waals surface area contributed by atoms with Crippen molar-refractivity contribution in [3.05, 3.63) is 29.3 Å². The van der Waals surface area contributed by atoms with Gasteiger partial charge in [-0.25, -0.2) is 4.79 Å². The number of ether oxygens (including phenoxy) is 1. The standard InChI is InChI=1S/C19H28ClN5O3.HI/c1-2-28-19(27)25-12-9-16(10-13-25)24-18(21)22-11-3-4-17(26)23-15-7-5-14(20)6-8-15;/h5-8,16H,2-4,9-13H2,1H3,(H,23,26)(H3,21,22,24);1H. The number of amides is 2. The molecule has 0 unspecified atom stereocenters. The van der Waals surface area contributed by atoms with Crippen molar-refractivity contribution in [2.45, 2.75) is 38.6 Å². The van der Waals surface area contributed by atoms with Crippen LogP contribution in [0.1, 0.15) is 32.6 Å². The minimum absolute atomic E-state index is 0. The summed E-state index contributed by atoms with van der Waals surface area (Å²) >= 11 is 5.82. The molecule has 0 atom stereocenters. The number of carbonyl (C=O) groups excluding carboxylic acids is 2. The average molecular weight is 538 g/mol. The molecule has 1 aliphatic rings. The van der Waals surface area contributed by atoms with Crippen LogP contribution in [0.3, 0.4) is 0 Å². The topological polar surface area (TPSA) is 109 Å². The lowest BCUT2D eigenvalue weighted by Crippen LogP contribution is -2.48. The van der Waals surface area contributed by atoms with Gasteiger partial charge in [-0.2, -0.15) is 0 Å². The van der Waals surface area contributed by atoms with Crippen molar-refractivity contribution < 1.29 is 14.3 Å². The maximum atomic E-state index is 11.9. The Morgan fingerprint density at radius 1 is 1.28 bits per heavy atom. The number of nitrogens with two attached hydrogens (primary N) is 1. The van der Waals surface area contributed by atoms with Gasteiger partial charge in [0.25, 0.3) is 0 Å². The summed E-state index contributed by atoms with van der Waals surface area (Å²) in [5, 5.41) is 6.62. The Hall–Kier alpha value is -1.75. The predicted octanol–water partition coefficient (Wildman–Crippen LogP) is 3.20. The summed E-state index contributed by atoms with van der Waals surface area (Å²) in [6.45, 7) is 3.91. The van der Waals surface area contributed by atoms with Crippen LogP contribution < -0.4 is 16.4 Å². The summed E-state index contributed by atoms with van der Waals surface area (Å²) < 4.78 is 5.00. The minimum atomic E-state index is -0.264. The lowest BCUT2D eigenvalue weighted by atomic mass is 10.1. The van der Waals surface area contributed by atoms with E-state index in [4.69, 9.17) is 22.1 Å². The molecule has 8 nitrogen and oxygen atoms in total. The smallest absolute Gasteiger partial charge is 0.409 e. The molecule has 0 bridgehead atoms. The van der Waals surface area contributed by atoms with Crippen LogP contribution in [0.2, 0.25) is 5.02 Å². The molecule has 1 fully saturated rings. The zero-order chi connectivity index (χ0) is 20.4. The van der Waals surface area contributed by atoms with Crippen LogP contribution in [0, 0.1) is 0 Å². The molecule has 2 rings (SSSR count). The number of nitrogens with one attached hydrogen (secondary N) is 2. The first kappa shape index (κ1) is 25.3. The van der Waals surface area contributed by atoms with Crippen LogP contribution in [-0.2, 0) is 9.53 Å². The van der Waals surface area contributed by atoms with Gasteiger partial charge in [0.15, 0.2) is 5.96 Å². The van der Waals surface area contributed by atoms with E-state index in [-0.39, 0.29) is 42.0 Å². The van der Waals surface area contributed by atoms with Crippen LogP contribution in [0.15, 0.2) is 29.3 Å². The van der Waals surface area contributed by atoms with Gasteiger partial charge in [-0.3, -0.25) is 9.79 Å². The normalized spacial score (nSPS) is 14.7. The number of benzene rings is 1. The van der Waals surface area contributed by atoms with Gasteiger partial charge in [-0.1, -0.05) is 11.6 Å². The van der Waals surface area contributed by atoms with E-state index in [2.05, 4.69) is 15.6 Å². The number of hydrogen-bond acceptors (Lipinski definition) is 4. The molecule has 2 amide bonds. The van der Waals surface area contributed by atoms with Gasteiger partial charge in [0.2, 0.25) is 5.91 Å². The molecule has 0 aromatic heterocycles. The van der Waals surface area contributed by atoms with Gasteiger partial charge in [0, 0.05) is 42.8 Å². The van der Waals surface area contributed by atoms with Crippen molar-refractivity contribution in [1.29, 1.82) is 0 Å². The van der Waals surface area contributed by atoms with Gasteiger partial charge < -0.3 is 26.0 Å². The van der Waals surface area contributed by atoms with E-state index in [0.29, 0.717) is 55.8 Å². The molecule has 29 heavy (non-hydrogen) atoms. The fourth-order valence-electron chi connectivity index (χ4n) is 2.87. The molecule has 162 valence electrons. The van der Waals surface area contributed by atoms with Gasteiger partial charge in [0.1, 0.15) is 0 Å². The van der Waals surface area contributed by atoms with Crippen molar-refractivity contribution in [2.75, 3.05) is 31.6 Å². The molecular formula is C19H29ClIN5O3. The molecule has 10 heteroatoms. The van der Waals surface area contributed by atoms with E-state index in [9.17, 15) is 9.59 Å². The number of aliphatic imine (C=N–C) groups is 1. The first-order valence-corrected chi connectivity index (χ1v) is 9.89. The Kier molecular flexibility index (Phi) is 11.7. The molecule has 0 aliphatic carbocycles. The van der Waals surface area contributed by atoms with Crippen LogP contribution in [0.5, 0.6) is 0 Å². The van der Waals surface area contributed by atoms with E-state index >= 15 is 0 Å². The summed E-state index contributed by atoms with van der Waals surface area (Å²) in [6.07, 6.45) is 2.27. The number of hydrogen-bond donors (Lipinski definition) is 3. The van der Waals surface area contributed by atoms with Crippen molar-refractivity contribution >= 4 is 59.2 Å². The summed E-state index contributed by atoms with van der Waals surface area (Å²) in [4.78, 5) is 29.6. The molecular weight excluding hydrogens is 509 g/mol. The Morgan fingerprint density at radius 2 is 1.93 bits per heavy atom. The third-order valence-electron chi connectivity index (χ3n) is 4.35. The molecule has 4 N–H and O–H groups in total. The molecule has 1 aliphatic heterocycles. The van der Waals surface area contributed by atoms with Gasteiger partial charge in [-0.05, 0) is 50.5 Å². The summed E-state index contributed by atoms with van der Waals surface area (Å²) in [6, 6.07) is 7.15. The maximum absolute atomic E-state index is 11.9. The molecule has 0 spiro atoms. The Labute approximate surface area is 193 Å². The number of halogens is 2. The highest BCUT2D eigenvalue weighted by atomic mass is 127. The highest BCUT2D eigenvalue weighted by molar-refractivity contribution is 14.0. The highest BCUT2D eigenvalue weighted by Gasteiger charge is 2.23. The summed E-state index contributed by atoms with van der Waals surface area (Å²) in [5.74, 6) is 0.295. The Balaban J connectivity index is 0.00000420. The van der Waals surface area contributed by atoms with Crippen molar-refractivity contribution in [2.24, 2.45) is 10.7 Å². The average Bonchev–Trinajstić information content (AvgIpc) is 2.68. The zero-order valence-electron chi connectivity index (χ0n) is 16.5. The largest absolute Gasteiger partial charge is 0.450 e. The predicted molar refractivity (Wildman–Crippen MR) is 126 cm³/mol. The lowest BCUT2D eigenvalue weighted by molar-refractivity contribution is -0.116. The van der Waals surface area contributed by atoms with Crippen molar-refractivity contribution in [1.82, 2.24) is 10.2 Å². The number of rotatable bonds is 7. The fraction of sp³-hybridized carbons (Fsp3) is 0.526. The summed E-state index contributed by atoms with van der Waals surface area (Å²) in [5.41, 5.74) is 6.64. The number of anilines is 1. The third-order valence-corrected chi connectivity index (χ3v) is 4.60. The van der Waals surface area contributed by atoms with Crippen LogP contribution in [-0.4, -0.2) is 55.1 Å². The lowest BCUT2D eigenvalue weighted by Gasteiger charge is -2.31. The number of piperidine rings is 1. The second-order valence-corrected chi connectivity index (χ2v) is 6.97. The van der Waals surface area contributed by atoms with E-state index in [1.54, 1.807) is 36.1 Å². The minimum Gasteiger partial charge on any atom is -0.450 e. The quantitative estimate of drug-likeness (QED) is 0.214. The monoisotopic (exact) mass is 537 g/mol. The maximum Gasteiger partial charge on any atom is 0.409 e. The number of carbonyl (C=O) groups is 2. The van der Waals surface area contributed by atoms with Crippen LogP contribution in [0.25, 0.3) is 0 Å². The molecule has 1 aromatic carbocycles. The first-order chi connectivity index (χ1) is 13.5. The third kappa shape index (κ3) is 9.53. The Bertz CT molecular complexity index is 679. The second kappa shape index (κ2) is 13.5. The number of nitrogens with zero attached hydrogens (tertiary/aromatic N) is 2. The Morgan fingerprint density at radius 3 is 2.55 bits per heavy atom. The number of guanidine groups is 1. The van der Waals surface area contributed by atoms with E-state index < -0.39 is 0 Å². The summed E-state index contributed by atoms with van der Waals surface area (Å²) in [7, 11) is 0. The van der Waals surface area contributed by atoms with Crippen LogP contribution in [0.4, 0.5) is 10.5 Å². The SMILES string of the molecule is CCOC(=O)N1CCC(NC(N)=NCCCC(=O)Nc2ccc(Cl)cc2)CC1.I. The van der Waals surface area contributed by atoms with Crippen LogP contribution >= 0.6 is 35.6 Å². The molecule has 1 heterocycles. The van der Waals surface area contributed by atoms with Gasteiger partial charge in [-0.15, -0.1) is 24.0 Å².